The number of carbonyl (C=O) groups is 3. The summed E-state index contributed by atoms with van der Waals surface area (Å²) in [5.41, 5.74) is 10.2. The summed E-state index contributed by atoms with van der Waals surface area (Å²) in [7, 11) is 0. The van der Waals surface area contributed by atoms with Gasteiger partial charge in [0.25, 0.3) is 0 Å². The molecule has 12 heteroatoms. The van der Waals surface area contributed by atoms with Crippen molar-refractivity contribution in [2.45, 2.75) is 63.6 Å². The van der Waals surface area contributed by atoms with Crippen LogP contribution in [0.25, 0.3) is 10.4 Å². The fourth-order valence-corrected chi connectivity index (χ4v) is 6.37. The molecular weight excluding hydrogens is 538 g/mol. The predicted molar refractivity (Wildman–Crippen MR) is 154 cm³/mol. The van der Waals surface area contributed by atoms with E-state index in [0.717, 1.165) is 21.7 Å². The van der Waals surface area contributed by atoms with Crippen LogP contribution in [0, 0.1) is 6.92 Å². The van der Waals surface area contributed by atoms with E-state index in [1.54, 1.807) is 11.3 Å². The van der Waals surface area contributed by atoms with E-state index >= 15 is 0 Å². The molecule has 3 rings (SSSR count). The Morgan fingerprint density at radius 2 is 2.00 bits per heavy atom. The number of aryl methyl sites for hydroxylation is 1. The first kappa shape index (κ1) is 31.0. The number of thioether (sulfide) groups is 1. The number of nitrogens with zero attached hydrogens (tertiary/aromatic N) is 2. The van der Waals surface area contributed by atoms with E-state index in [1.165, 1.54) is 23.6 Å². The van der Waals surface area contributed by atoms with Crippen LogP contribution in [-0.2, 0) is 25.7 Å². The maximum absolute atomic E-state index is 13.7. The topological polar surface area (TPSA) is 147 Å². The number of thiazole rings is 1. The van der Waals surface area contributed by atoms with Gasteiger partial charge in [-0.2, -0.15) is 11.8 Å². The first-order chi connectivity index (χ1) is 18.5. The van der Waals surface area contributed by atoms with Gasteiger partial charge in [0.05, 0.1) is 35.4 Å². The summed E-state index contributed by atoms with van der Waals surface area (Å²) >= 11 is 3.07. The minimum absolute atomic E-state index is 0.0241. The van der Waals surface area contributed by atoms with Crippen molar-refractivity contribution >= 4 is 40.8 Å². The number of aliphatic hydroxyl groups excluding tert-OH is 1. The molecule has 1 aliphatic rings. The molecule has 3 amide bonds. The molecule has 2 aromatic rings. The number of hydrogen-bond acceptors (Lipinski definition) is 9. The van der Waals surface area contributed by atoms with E-state index in [0.29, 0.717) is 25.5 Å². The van der Waals surface area contributed by atoms with Crippen LogP contribution < -0.4 is 16.4 Å². The van der Waals surface area contributed by atoms with Gasteiger partial charge in [0.1, 0.15) is 12.1 Å². The number of benzene rings is 1. The number of rotatable bonds is 13. The third-order valence-corrected chi connectivity index (χ3v) is 8.87. The highest BCUT2D eigenvalue weighted by atomic mass is 32.2. The maximum Gasteiger partial charge on any atom is 0.247 e. The number of amides is 3. The van der Waals surface area contributed by atoms with Crippen LogP contribution in [0.4, 0.5) is 0 Å². The summed E-state index contributed by atoms with van der Waals surface area (Å²) in [5.74, 6) is -0.486. The van der Waals surface area contributed by atoms with Crippen LogP contribution in [0.1, 0.15) is 38.4 Å². The fourth-order valence-electron chi connectivity index (χ4n) is 4.50. The molecule has 39 heavy (non-hydrogen) atoms. The second kappa shape index (κ2) is 14.2. The van der Waals surface area contributed by atoms with Crippen LogP contribution in [0.15, 0.2) is 29.8 Å². The van der Waals surface area contributed by atoms with Crippen molar-refractivity contribution in [3.63, 3.8) is 0 Å². The van der Waals surface area contributed by atoms with E-state index in [-0.39, 0.29) is 31.3 Å². The fraction of sp³-hybridized carbons (Fsp3) is 0.556. The minimum Gasteiger partial charge on any atom is -0.391 e. The molecule has 1 aromatic heterocycles. The lowest BCUT2D eigenvalue weighted by Gasteiger charge is -2.37. The van der Waals surface area contributed by atoms with Crippen molar-refractivity contribution in [3.8, 4) is 10.4 Å². The summed E-state index contributed by atoms with van der Waals surface area (Å²) < 4.78 is 4.75. The molecule has 0 spiro atoms. The van der Waals surface area contributed by atoms with Crippen LogP contribution in [0.5, 0.6) is 0 Å². The van der Waals surface area contributed by atoms with E-state index in [4.69, 9.17) is 10.5 Å². The molecule has 1 saturated heterocycles. The standard InChI is InChI=1S/C27H39N5O5S2/c1-17-23(38-16-30-17)20-7-5-19(6-8-20)14-29-25(35)22-13-21(34)15-32(22)26(36)24(31-18(2)33)27(3,4)39-12-11-37-10-9-28/h5-8,16,21-22,24,34H,9-15,28H2,1-4H3,(H,29,35)(H,31,33)/t21-,22+,24-/m1/s1. The Balaban J connectivity index is 1.66. The first-order valence-electron chi connectivity index (χ1n) is 13.0. The molecule has 0 unspecified atom stereocenters. The molecule has 1 aromatic carbocycles. The highest BCUT2D eigenvalue weighted by Gasteiger charge is 2.45. The second-order valence-electron chi connectivity index (χ2n) is 10.1. The van der Waals surface area contributed by atoms with E-state index in [1.807, 2.05) is 50.5 Å². The van der Waals surface area contributed by atoms with E-state index in [9.17, 15) is 19.5 Å². The third-order valence-electron chi connectivity index (χ3n) is 6.55. The zero-order chi connectivity index (χ0) is 28.6. The molecule has 1 aliphatic heterocycles. The molecular formula is C27H39N5O5S2. The highest BCUT2D eigenvalue weighted by Crippen LogP contribution is 2.31. The third kappa shape index (κ3) is 8.49. The normalized spacial score (nSPS) is 18.2. The van der Waals surface area contributed by atoms with Gasteiger partial charge in [0, 0.05) is 43.5 Å². The number of β-amino-alcohol motifs (C(OH)–C–C–N with tert-alkyl or cyclic N) is 1. The number of likely N-dealkylation sites (tertiary alicyclic amines) is 1. The van der Waals surface area contributed by atoms with Gasteiger partial charge in [-0.25, -0.2) is 4.98 Å². The summed E-state index contributed by atoms with van der Waals surface area (Å²) in [6, 6.07) is 6.16. The van der Waals surface area contributed by atoms with Gasteiger partial charge in [0.2, 0.25) is 17.7 Å². The molecule has 1 fully saturated rings. The average Bonchev–Trinajstić information content (AvgIpc) is 3.50. The van der Waals surface area contributed by atoms with Gasteiger partial charge in [0.15, 0.2) is 0 Å². The molecule has 0 saturated carbocycles. The van der Waals surface area contributed by atoms with Crippen molar-refractivity contribution in [2.75, 3.05) is 32.1 Å². The molecule has 5 N–H and O–H groups in total. The summed E-state index contributed by atoms with van der Waals surface area (Å²) in [6.45, 7) is 8.73. The lowest BCUT2D eigenvalue weighted by atomic mass is 10.0. The summed E-state index contributed by atoms with van der Waals surface area (Å²) in [6.07, 6.45) is -0.695. The molecule has 0 aliphatic carbocycles. The molecule has 0 bridgehead atoms. The first-order valence-corrected chi connectivity index (χ1v) is 14.8. The SMILES string of the molecule is CC(=O)N[C@H](C(=O)N1C[C@H](O)C[C@H]1C(=O)NCc1ccc(-c2scnc2C)cc1)C(C)(C)SCCOCCN. The number of aromatic nitrogens is 1. The molecule has 0 radical (unpaired) electrons. The summed E-state index contributed by atoms with van der Waals surface area (Å²) in [5, 5.41) is 16.1. The van der Waals surface area contributed by atoms with Crippen molar-refractivity contribution in [1.29, 1.82) is 0 Å². The Labute approximate surface area is 238 Å². The van der Waals surface area contributed by atoms with E-state index < -0.39 is 28.8 Å². The number of carbonyl (C=O) groups excluding carboxylic acids is 3. The maximum atomic E-state index is 13.7. The van der Waals surface area contributed by atoms with Crippen LogP contribution >= 0.6 is 23.1 Å². The van der Waals surface area contributed by atoms with Crippen LogP contribution in [0.2, 0.25) is 0 Å². The molecule has 3 atom stereocenters. The van der Waals surface area contributed by atoms with Gasteiger partial charge in [-0.05, 0) is 31.9 Å². The number of ether oxygens (including phenoxy) is 1. The van der Waals surface area contributed by atoms with Crippen LogP contribution in [-0.4, -0.2) is 87.7 Å². The molecule has 10 nitrogen and oxygen atoms in total. The van der Waals surface area contributed by atoms with Crippen molar-refractivity contribution in [3.05, 3.63) is 41.0 Å². The number of hydrogen-bond donors (Lipinski definition) is 4. The van der Waals surface area contributed by atoms with Gasteiger partial charge in [-0.3, -0.25) is 14.4 Å². The minimum atomic E-state index is -0.891. The van der Waals surface area contributed by atoms with Crippen molar-refractivity contribution in [2.24, 2.45) is 5.73 Å². The van der Waals surface area contributed by atoms with Crippen LogP contribution in [0.3, 0.4) is 0 Å². The lowest BCUT2D eigenvalue weighted by molar-refractivity contribution is -0.142. The molecule has 214 valence electrons. The zero-order valence-corrected chi connectivity index (χ0v) is 24.6. The Kier molecular flexibility index (Phi) is 11.3. The number of nitrogens with one attached hydrogen (secondary N) is 2. The Morgan fingerprint density at radius 1 is 1.28 bits per heavy atom. The Bertz CT molecular complexity index is 1120. The van der Waals surface area contributed by atoms with Gasteiger partial charge in [-0.15, -0.1) is 11.3 Å². The smallest absolute Gasteiger partial charge is 0.247 e. The van der Waals surface area contributed by atoms with Gasteiger partial charge in [-0.1, -0.05) is 24.3 Å². The Hall–Kier alpha value is -2.51. The lowest BCUT2D eigenvalue weighted by Crippen LogP contribution is -2.59. The quantitative estimate of drug-likeness (QED) is 0.263. The molecule has 2 heterocycles. The largest absolute Gasteiger partial charge is 0.391 e. The number of nitrogens with two attached hydrogens (primary N) is 1. The van der Waals surface area contributed by atoms with Gasteiger partial charge < -0.3 is 31.1 Å². The van der Waals surface area contributed by atoms with Crippen molar-refractivity contribution < 1.29 is 24.2 Å². The zero-order valence-electron chi connectivity index (χ0n) is 22.9. The number of aliphatic hydroxyl groups is 1. The highest BCUT2D eigenvalue weighted by molar-refractivity contribution is 8.00. The monoisotopic (exact) mass is 577 g/mol. The van der Waals surface area contributed by atoms with Crippen molar-refractivity contribution in [1.82, 2.24) is 20.5 Å². The Morgan fingerprint density at radius 3 is 2.62 bits per heavy atom. The van der Waals surface area contributed by atoms with Gasteiger partial charge >= 0.3 is 0 Å². The predicted octanol–water partition coefficient (Wildman–Crippen LogP) is 1.69. The van der Waals surface area contributed by atoms with E-state index in [2.05, 4.69) is 15.6 Å². The second-order valence-corrected chi connectivity index (χ2v) is 12.7. The summed E-state index contributed by atoms with van der Waals surface area (Å²) in [4.78, 5) is 45.8. The average molecular weight is 578 g/mol.